The van der Waals surface area contributed by atoms with E-state index >= 15 is 0 Å². The first-order valence-corrected chi connectivity index (χ1v) is 5.89. The molecule has 1 heterocycles. The fourth-order valence-corrected chi connectivity index (χ4v) is 2.92. The molecule has 0 aromatic carbocycles. The fraction of sp³-hybridized carbons (Fsp3) is 0.909. The Kier molecular flexibility index (Phi) is 2.01. The van der Waals surface area contributed by atoms with Crippen molar-refractivity contribution < 1.29 is 0 Å². The second-order valence-electron chi connectivity index (χ2n) is 4.99. The van der Waals surface area contributed by atoms with E-state index in [1.165, 1.54) is 32.1 Å². The Bertz CT molecular complexity index is 247. The van der Waals surface area contributed by atoms with Crippen LogP contribution in [0.25, 0.3) is 0 Å². The van der Waals surface area contributed by atoms with Crippen molar-refractivity contribution in [2.24, 2.45) is 16.6 Å². The zero-order chi connectivity index (χ0) is 9.54. The lowest BCUT2D eigenvalue weighted by molar-refractivity contribution is 0.204. The Morgan fingerprint density at radius 1 is 1.29 bits per heavy atom. The third-order valence-corrected chi connectivity index (χ3v) is 3.97. The summed E-state index contributed by atoms with van der Waals surface area (Å²) < 4.78 is 0. The summed E-state index contributed by atoms with van der Waals surface area (Å²) in [5.74, 6) is 0.729. The Labute approximate surface area is 85.4 Å². The molecule has 0 spiro atoms. The smallest absolute Gasteiger partial charge is 0.0859 e. The summed E-state index contributed by atoms with van der Waals surface area (Å²) in [5.41, 5.74) is 5.73. The van der Waals surface area contributed by atoms with Crippen molar-refractivity contribution in [3.05, 3.63) is 0 Å². The Balaban J connectivity index is 1.67. The van der Waals surface area contributed by atoms with Gasteiger partial charge in [0.05, 0.1) is 18.4 Å². The molecule has 0 bridgehead atoms. The molecule has 3 aliphatic rings. The van der Waals surface area contributed by atoms with Gasteiger partial charge >= 0.3 is 0 Å². The molecule has 3 atom stereocenters. The lowest BCUT2D eigenvalue weighted by Gasteiger charge is -2.35. The van der Waals surface area contributed by atoms with Crippen LogP contribution in [0.4, 0.5) is 0 Å². The molecule has 3 rings (SSSR count). The minimum Gasteiger partial charge on any atom is -0.355 e. The average molecular weight is 193 g/mol. The topological polar surface area (TPSA) is 41.6 Å². The largest absolute Gasteiger partial charge is 0.355 e. The van der Waals surface area contributed by atoms with Crippen LogP contribution in [0.3, 0.4) is 0 Å². The van der Waals surface area contributed by atoms with E-state index in [2.05, 4.69) is 16.2 Å². The van der Waals surface area contributed by atoms with Crippen LogP contribution in [-0.4, -0.2) is 35.9 Å². The molecule has 14 heavy (non-hydrogen) atoms. The van der Waals surface area contributed by atoms with Gasteiger partial charge in [-0.25, -0.2) is 0 Å². The fourth-order valence-electron chi connectivity index (χ4n) is 2.92. The molecule has 2 N–H and O–H groups in total. The summed E-state index contributed by atoms with van der Waals surface area (Å²) in [6, 6.07) is 2.13. The van der Waals surface area contributed by atoms with Gasteiger partial charge in [-0.2, -0.15) is 0 Å². The van der Waals surface area contributed by atoms with E-state index in [9.17, 15) is 0 Å². The van der Waals surface area contributed by atoms with Gasteiger partial charge in [-0.1, -0.05) is 0 Å². The van der Waals surface area contributed by atoms with E-state index in [-0.39, 0.29) is 0 Å². The van der Waals surface area contributed by atoms with Crippen LogP contribution in [0.2, 0.25) is 0 Å². The Morgan fingerprint density at radius 3 is 2.86 bits per heavy atom. The van der Waals surface area contributed by atoms with Crippen LogP contribution < -0.4 is 5.73 Å². The second kappa shape index (κ2) is 3.23. The summed E-state index contributed by atoms with van der Waals surface area (Å²) >= 11 is 0. The van der Waals surface area contributed by atoms with Crippen LogP contribution in [0, 0.1) is 5.92 Å². The molecule has 3 nitrogen and oxygen atoms in total. The van der Waals surface area contributed by atoms with Crippen molar-refractivity contribution in [3.63, 3.8) is 0 Å². The molecular weight excluding hydrogens is 174 g/mol. The molecule has 0 radical (unpaired) electrons. The molecular formula is C11H19N3. The number of aliphatic imine (C=N–C) groups is 1. The molecule has 0 saturated heterocycles. The molecule has 3 unspecified atom stereocenters. The number of nitrogens with two attached hydrogens (primary N) is 1. The van der Waals surface area contributed by atoms with Crippen molar-refractivity contribution in [1.29, 1.82) is 0 Å². The van der Waals surface area contributed by atoms with Crippen LogP contribution in [-0.2, 0) is 0 Å². The number of fused-ring (bicyclic) bond motifs is 1. The highest BCUT2D eigenvalue weighted by Crippen LogP contribution is 2.38. The summed E-state index contributed by atoms with van der Waals surface area (Å²) in [4.78, 5) is 7.17. The van der Waals surface area contributed by atoms with Crippen molar-refractivity contribution in [3.8, 4) is 0 Å². The van der Waals surface area contributed by atoms with Crippen LogP contribution in [0.15, 0.2) is 4.99 Å². The van der Waals surface area contributed by atoms with Gasteiger partial charge in [-0.3, -0.25) is 4.99 Å². The predicted molar refractivity (Wildman–Crippen MR) is 57.3 cm³/mol. The molecule has 78 valence electrons. The van der Waals surface area contributed by atoms with Gasteiger partial charge in [-0.15, -0.1) is 0 Å². The number of hydrogen-bond donors (Lipinski definition) is 1. The molecule has 3 heteroatoms. The molecule has 1 aliphatic heterocycles. The number of hydrogen-bond acceptors (Lipinski definition) is 3. The van der Waals surface area contributed by atoms with E-state index in [0.29, 0.717) is 6.04 Å². The highest BCUT2D eigenvalue weighted by atomic mass is 15.3. The summed E-state index contributed by atoms with van der Waals surface area (Å²) in [6.07, 6.45) is 8.73. The second-order valence-corrected chi connectivity index (χ2v) is 4.99. The lowest BCUT2D eigenvalue weighted by Crippen LogP contribution is -2.42. The van der Waals surface area contributed by atoms with Crippen molar-refractivity contribution in [2.45, 2.75) is 50.2 Å². The standard InChI is InChI=1S/C11H19N3/c12-6-8-1-4-11-10(5-8)13-7-14(11)9-2-3-9/h7-11H,1-6,12H2. The Hall–Kier alpha value is -0.570. The van der Waals surface area contributed by atoms with Crippen molar-refractivity contribution >= 4 is 6.34 Å². The number of rotatable bonds is 2. The molecule has 0 aromatic heterocycles. The van der Waals surface area contributed by atoms with E-state index in [4.69, 9.17) is 5.73 Å². The van der Waals surface area contributed by atoms with E-state index in [0.717, 1.165) is 24.5 Å². The van der Waals surface area contributed by atoms with E-state index < -0.39 is 0 Å². The van der Waals surface area contributed by atoms with Gasteiger partial charge in [-0.05, 0) is 44.6 Å². The van der Waals surface area contributed by atoms with Crippen LogP contribution in [0.1, 0.15) is 32.1 Å². The maximum Gasteiger partial charge on any atom is 0.0859 e. The monoisotopic (exact) mass is 193 g/mol. The SMILES string of the molecule is NCC1CCC2C(C1)N=CN2C1CC1. The maximum atomic E-state index is 5.73. The van der Waals surface area contributed by atoms with E-state index in [1.54, 1.807) is 0 Å². The van der Waals surface area contributed by atoms with Gasteiger partial charge in [0, 0.05) is 6.04 Å². The molecule has 2 saturated carbocycles. The van der Waals surface area contributed by atoms with Crippen molar-refractivity contribution in [2.75, 3.05) is 6.54 Å². The zero-order valence-corrected chi connectivity index (χ0v) is 8.60. The van der Waals surface area contributed by atoms with Gasteiger partial charge in [0.15, 0.2) is 0 Å². The van der Waals surface area contributed by atoms with Crippen LogP contribution >= 0.6 is 0 Å². The van der Waals surface area contributed by atoms with Crippen LogP contribution in [0.5, 0.6) is 0 Å². The molecule has 2 aliphatic carbocycles. The summed E-state index contributed by atoms with van der Waals surface area (Å²) in [7, 11) is 0. The average Bonchev–Trinajstić information content (AvgIpc) is 2.98. The maximum absolute atomic E-state index is 5.73. The third kappa shape index (κ3) is 1.34. The lowest BCUT2D eigenvalue weighted by atomic mass is 9.82. The predicted octanol–water partition coefficient (Wildman–Crippen LogP) is 0.989. The number of nitrogens with zero attached hydrogens (tertiary/aromatic N) is 2. The molecule has 0 amide bonds. The van der Waals surface area contributed by atoms with Crippen molar-refractivity contribution in [1.82, 2.24) is 4.90 Å². The quantitative estimate of drug-likeness (QED) is 0.710. The minimum atomic E-state index is 0.567. The minimum absolute atomic E-state index is 0.567. The van der Waals surface area contributed by atoms with Gasteiger partial charge in [0.25, 0.3) is 0 Å². The first-order valence-electron chi connectivity index (χ1n) is 5.89. The van der Waals surface area contributed by atoms with Gasteiger partial charge in [0.2, 0.25) is 0 Å². The third-order valence-electron chi connectivity index (χ3n) is 3.97. The van der Waals surface area contributed by atoms with Gasteiger partial charge < -0.3 is 10.6 Å². The summed E-state index contributed by atoms with van der Waals surface area (Å²) in [6.45, 7) is 0.849. The first kappa shape index (κ1) is 8.72. The van der Waals surface area contributed by atoms with Gasteiger partial charge in [0.1, 0.15) is 0 Å². The zero-order valence-electron chi connectivity index (χ0n) is 8.60. The van der Waals surface area contributed by atoms with E-state index in [1.807, 2.05) is 0 Å². The highest BCUT2D eigenvalue weighted by Gasteiger charge is 2.41. The first-order chi connectivity index (χ1) is 6.88. The summed E-state index contributed by atoms with van der Waals surface area (Å²) in [5, 5.41) is 0. The highest BCUT2D eigenvalue weighted by molar-refractivity contribution is 5.60. The Morgan fingerprint density at radius 2 is 2.14 bits per heavy atom. The molecule has 2 fully saturated rings. The molecule has 0 aromatic rings. The normalized spacial score (nSPS) is 41.5.